The lowest BCUT2D eigenvalue weighted by Gasteiger charge is -2.22. The molecule has 19 heavy (non-hydrogen) atoms. The second kappa shape index (κ2) is 6.08. The van der Waals surface area contributed by atoms with Crippen molar-refractivity contribution in [1.82, 2.24) is 15.5 Å². The number of aromatic amines is 1. The number of carbonyl (C=O) groups excluding carboxylic acids is 1. The van der Waals surface area contributed by atoms with Gasteiger partial charge in [0.2, 0.25) is 0 Å². The first-order valence-corrected chi connectivity index (χ1v) is 7.27. The zero-order valence-electron chi connectivity index (χ0n) is 11.8. The topological polar surface area (TPSA) is 83.8 Å². The van der Waals surface area contributed by atoms with E-state index in [1.165, 1.54) is 25.7 Å². The Morgan fingerprint density at radius 2 is 2.16 bits per heavy atom. The van der Waals surface area contributed by atoms with E-state index in [9.17, 15) is 4.79 Å². The number of hydrogen-bond acceptors (Lipinski definition) is 3. The number of anilines is 1. The van der Waals surface area contributed by atoms with E-state index in [-0.39, 0.29) is 11.9 Å². The van der Waals surface area contributed by atoms with E-state index in [0.29, 0.717) is 17.3 Å². The van der Waals surface area contributed by atoms with Crippen molar-refractivity contribution in [3.63, 3.8) is 0 Å². The Morgan fingerprint density at radius 3 is 2.84 bits per heavy atom. The molecule has 1 aromatic heterocycles. The molecule has 5 nitrogen and oxygen atoms in total. The number of H-pyrrole nitrogens is 1. The molecule has 5 heteroatoms. The first kappa shape index (κ1) is 13.9. The number of amides is 1. The summed E-state index contributed by atoms with van der Waals surface area (Å²) in [6.07, 6.45) is 6.70. The van der Waals surface area contributed by atoms with Gasteiger partial charge in [0.15, 0.2) is 5.69 Å². The van der Waals surface area contributed by atoms with Crippen molar-refractivity contribution in [2.75, 3.05) is 5.73 Å². The van der Waals surface area contributed by atoms with Crippen LogP contribution in [0, 0.1) is 5.92 Å². The van der Waals surface area contributed by atoms with Gasteiger partial charge in [-0.05, 0) is 25.2 Å². The number of carbonyl (C=O) groups is 1. The fourth-order valence-electron chi connectivity index (χ4n) is 2.77. The Bertz CT molecular complexity index is 441. The summed E-state index contributed by atoms with van der Waals surface area (Å²) in [5, 5.41) is 9.97. The number of rotatable bonds is 3. The average Bonchev–Trinajstić information content (AvgIpc) is 2.65. The van der Waals surface area contributed by atoms with Gasteiger partial charge in [-0.2, -0.15) is 5.10 Å². The highest BCUT2D eigenvalue weighted by Crippen LogP contribution is 2.23. The summed E-state index contributed by atoms with van der Waals surface area (Å²) >= 11 is 0. The molecule has 2 atom stereocenters. The zero-order valence-corrected chi connectivity index (χ0v) is 11.8. The van der Waals surface area contributed by atoms with E-state index in [1.54, 1.807) is 0 Å². The minimum absolute atomic E-state index is 0.146. The Hall–Kier alpha value is -1.52. The van der Waals surface area contributed by atoms with Crippen molar-refractivity contribution < 1.29 is 4.79 Å². The average molecular weight is 264 g/mol. The third-order valence-corrected chi connectivity index (χ3v) is 4.13. The van der Waals surface area contributed by atoms with Crippen molar-refractivity contribution in [3.8, 4) is 0 Å². The van der Waals surface area contributed by atoms with Crippen molar-refractivity contribution >= 4 is 11.6 Å². The molecule has 2 unspecified atom stereocenters. The van der Waals surface area contributed by atoms with Crippen LogP contribution >= 0.6 is 0 Å². The zero-order chi connectivity index (χ0) is 13.8. The van der Waals surface area contributed by atoms with E-state index in [2.05, 4.69) is 22.4 Å². The molecule has 1 aromatic rings. The molecule has 1 saturated carbocycles. The summed E-state index contributed by atoms with van der Waals surface area (Å²) in [5.41, 5.74) is 7.59. The van der Waals surface area contributed by atoms with Crippen LogP contribution in [0.1, 0.15) is 62.1 Å². The molecule has 1 amide bonds. The molecule has 106 valence electrons. The van der Waals surface area contributed by atoms with Crippen LogP contribution in [-0.4, -0.2) is 22.1 Å². The van der Waals surface area contributed by atoms with E-state index >= 15 is 0 Å². The molecule has 1 fully saturated rings. The highest BCUT2D eigenvalue weighted by molar-refractivity contribution is 5.97. The molecule has 1 heterocycles. The number of nitrogens with zero attached hydrogens (tertiary/aromatic N) is 1. The first-order chi connectivity index (χ1) is 9.13. The third-order valence-electron chi connectivity index (χ3n) is 4.13. The lowest BCUT2D eigenvalue weighted by atomic mass is 9.97. The molecule has 2 rings (SSSR count). The predicted octanol–water partition coefficient (Wildman–Crippen LogP) is 2.25. The normalized spacial score (nSPS) is 23.9. The maximum Gasteiger partial charge on any atom is 0.274 e. The van der Waals surface area contributed by atoms with Gasteiger partial charge in [-0.25, -0.2) is 0 Å². The Morgan fingerprint density at radius 1 is 1.42 bits per heavy atom. The van der Waals surface area contributed by atoms with Gasteiger partial charge in [0, 0.05) is 6.04 Å². The predicted molar refractivity (Wildman–Crippen MR) is 75.9 cm³/mol. The van der Waals surface area contributed by atoms with Gasteiger partial charge in [-0.3, -0.25) is 9.89 Å². The third kappa shape index (κ3) is 3.08. The molecular weight excluding hydrogens is 240 g/mol. The highest BCUT2D eigenvalue weighted by atomic mass is 16.2. The van der Waals surface area contributed by atoms with E-state index in [1.807, 2.05) is 6.92 Å². The number of aryl methyl sites for hydroxylation is 1. The number of aromatic nitrogens is 2. The van der Waals surface area contributed by atoms with E-state index < -0.39 is 0 Å². The summed E-state index contributed by atoms with van der Waals surface area (Å²) in [7, 11) is 0. The molecule has 4 N–H and O–H groups in total. The Kier molecular flexibility index (Phi) is 4.45. The van der Waals surface area contributed by atoms with Crippen molar-refractivity contribution in [1.29, 1.82) is 0 Å². The summed E-state index contributed by atoms with van der Waals surface area (Å²) in [4.78, 5) is 12.2. The largest absolute Gasteiger partial charge is 0.395 e. The van der Waals surface area contributed by atoms with Crippen LogP contribution in [0.5, 0.6) is 0 Å². The fraction of sp³-hybridized carbons (Fsp3) is 0.714. The quantitative estimate of drug-likeness (QED) is 0.732. The molecule has 1 aliphatic carbocycles. The molecule has 0 aliphatic heterocycles. The summed E-state index contributed by atoms with van der Waals surface area (Å²) in [5.74, 6) is 0.379. The van der Waals surface area contributed by atoms with Crippen molar-refractivity contribution in [2.45, 2.75) is 58.4 Å². The van der Waals surface area contributed by atoms with Gasteiger partial charge in [-0.15, -0.1) is 0 Å². The van der Waals surface area contributed by atoms with Gasteiger partial charge >= 0.3 is 0 Å². The molecule has 1 aliphatic rings. The highest BCUT2D eigenvalue weighted by Gasteiger charge is 2.24. The standard InChI is InChI=1S/C14H24N4O/c1-3-10-12(15)13(18-17-10)14(19)16-11-8-6-4-5-7-9(11)2/h9,11H,3-8,15H2,1-2H3,(H,16,19)(H,17,18). The number of nitrogen functional groups attached to an aromatic ring is 1. The van der Waals surface area contributed by atoms with Crippen LogP contribution in [0.2, 0.25) is 0 Å². The number of nitrogens with one attached hydrogen (secondary N) is 2. The summed E-state index contributed by atoms with van der Waals surface area (Å²) in [6, 6.07) is 0.246. The number of nitrogens with two attached hydrogens (primary N) is 1. The van der Waals surface area contributed by atoms with Gasteiger partial charge in [0.1, 0.15) is 0 Å². The molecule has 0 spiro atoms. The van der Waals surface area contributed by atoms with Crippen LogP contribution in [-0.2, 0) is 6.42 Å². The molecule has 0 radical (unpaired) electrons. The van der Waals surface area contributed by atoms with Crippen LogP contribution in [0.3, 0.4) is 0 Å². The molecule has 0 saturated heterocycles. The minimum Gasteiger partial charge on any atom is -0.395 e. The summed E-state index contributed by atoms with van der Waals surface area (Å²) < 4.78 is 0. The Labute approximate surface area is 114 Å². The van der Waals surface area contributed by atoms with Crippen LogP contribution in [0.15, 0.2) is 0 Å². The van der Waals surface area contributed by atoms with Crippen LogP contribution in [0.25, 0.3) is 0 Å². The fourth-order valence-corrected chi connectivity index (χ4v) is 2.77. The maximum absolute atomic E-state index is 12.2. The summed E-state index contributed by atoms with van der Waals surface area (Å²) in [6.45, 7) is 4.20. The molecule has 0 aromatic carbocycles. The second-order valence-corrected chi connectivity index (χ2v) is 5.51. The van der Waals surface area contributed by atoms with Gasteiger partial charge in [0.25, 0.3) is 5.91 Å². The number of hydrogen-bond donors (Lipinski definition) is 3. The van der Waals surface area contributed by atoms with Crippen molar-refractivity contribution in [2.24, 2.45) is 5.92 Å². The van der Waals surface area contributed by atoms with Gasteiger partial charge in [0.05, 0.1) is 11.4 Å². The van der Waals surface area contributed by atoms with E-state index in [0.717, 1.165) is 18.5 Å². The first-order valence-electron chi connectivity index (χ1n) is 7.27. The minimum atomic E-state index is -0.146. The van der Waals surface area contributed by atoms with Crippen LogP contribution < -0.4 is 11.1 Å². The lowest BCUT2D eigenvalue weighted by molar-refractivity contribution is 0.0917. The molecular formula is C14H24N4O. The van der Waals surface area contributed by atoms with E-state index in [4.69, 9.17) is 5.73 Å². The SMILES string of the molecule is CCc1[nH]nc(C(=O)NC2CCCCCC2C)c1N. The van der Waals surface area contributed by atoms with Crippen molar-refractivity contribution in [3.05, 3.63) is 11.4 Å². The smallest absolute Gasteiger partial charge is 0.274 e. The Balaban J connectivity index is 2.05. The maximum atomic E-state index is 12.2. The molecule has 0 bridgehead atoms. The second-order valence-electron chi connectivity index (χ2n) is 5.51. The van der Waals surface area contributed by atoms with Gasteiger partial charge < -0.3 is 11.1 Å². The lowest BCUT2D eigenvalue weighted by Crippen LogP contribution is -2.39. The van der Waals surface area contributed by atoms with Gasteiger partial charge in [-0.1, -0.05) is 33.1 Å². The van der Waals surface area contributed by atoms with Crippen LogP contribution in [0.4, 0.5) is 5.69 Å². The monoisotopic (exact) mass is 264 g/mol.